The van der Waals surface area contributed by atoms with Crippen molar-refractivity contribution in [3.8, 4) is 0 Å². The van der Waals surface area contributed by atoms with Crippen molar-refractivity contribution < 1.29 is 0 Å². The van der Waals surface area contributed by atoms with Crippen LogP contribution in [0.4, 0.5) is 5.95 Å². The number of rotatable bonds is 5. The third kappa shape index (κ3) is 3.30. The van der Waals surface area contributed by atoms with E-state index in [0.717, 1.165) is 24.6 Å². The molecule has 0 unspecified atom stereocenters. The van der Waals surface area contributed by atoms with Crippen LogP contribution in [0.15, 0.2) is 17.8 Å². The van der Waals surface area contributed by atoms with Gasteiger partial charge in [0.25, 0.3) is 0 Å². The number of hydrogen-bond acceptors (Lipinski definition) is 4. The number of nitrogens with zero attached hydrogens (tertiary/aromatic N) is 3. The Balaban J connectivity index is 1.97. The summed E-state index contributed by atoms with van der Waals surface area (Å²) >= 11 is 1.73. The molecule has 0 aliphatic rings. The first-order valence-corrected chi connectivity index (χ1v) is 6.72. The molecule has 1 N–H and O–H groups in total. The Bertz CT molecular complexity index is 472. The lowest BCUT2D eigenvalue weighted by Crippen LogP contribution is -2.15. The van der Waals surface area contributed by atoms with Crippen molar-refractivity contribution in [1.82, 2.24) is 14.5 Å². The predicted molar refractivity (Wildman–Crippen MR) is 71.5 cm³/mol. The zero-order chi connectivity index (χ0) is 12.3. The van der Waals surface area contributed by atoms with Crippen molar-refractivity contribution in [2.75, 3.05) is 5.32 Å². The molecule has 2 rings (SSSR count). The lowest BCUT2D eigenvalue weighted by molar-refractivity contribution is 0.688. The third-order valence-electron chi connectivity index (χ3n) is 2.37. The minimum Gasteiger partial charge on any atom is -0.353 e. The van der Waals surface area contributed by atoms with E-state index in [2.05, 4.69) is 39.1 Å². The molecular formula is C12H18N4S. The van der Waals surface area contributed by atoms with Gasteiger partial charge in [0.15, 0.2) is 0 Å². The van der Waals surface area contributed by atoms with Crippen LogP contribution in [0.2, 0.25) is 0 Å². The Labute approximate surface area is 106 Å². The van der Waals surface area contributed by atoms with Crippen LogP contribution in [0.25, 0.3) is 0 Å². The molecule has 0 atom stereocenters. The normalized spacial score (nSPS) is 11.1. The van der Waals surface area contributed by atoms with Gasteiger partial charge in [-0.05, 0) is 20.8 Å². The molecule has 5 heteroatoms. The van der Waals surface area contributed by atoms with Gasteiger partial charge in [-0.3, -0.25) is 0 Å². The van der Waals surface area contributed by atoms with E-state index in [1.807, 2.05) is 19.3 Å². The van der Waals surface area contributed by atoms with Gasteiger partial charge < -0.3 is 9.88 Å². The van der Waals surface area contributed by atoms with Crippen molar-refractivity contribution in [3.05, 3.63) is 28.5 Å². The molecule has 0 amide bonds. The van der Waals surface area contributed by atoms with Gasteiger partial charge in [-0.1, -0.05) is 0 Å². The molecule has 0 aliphatic heterocycles. The Morgan fingerprint density at radius 1 is 1.47 bits per heavy atom. The fourth-order valence-corrected chi connectivity index (χ4v) is 2.39. The van der Waals surface area contributed by atoms with Crippen LogP contribution in [-0.2, 0) is 13.0 Å². The summed E-state index contributed by atoms with van der Waals surface area (Å²) in [5.74, 6) is 0.938. The molecule has 0 aromatic carbocycles. The van der Waals surface area contributed by atoms with Crippen molar-refractivity contribution in [2.24, 2.45) is 0 Å². The van der Waals surface area contributed by atoms with E-state index >= 15 is 0 Å². The summed E-state index contributed by atoms with van der Waals surface area (Å²) in [6.45, 7) is 7.18. The zero-order valence-electron chi connectivity index (χ0n) is 10.5. The quantitative estimate of drug-likeness (QED) is 0.887. The van der Waals surface area contributed by atoms with Gasteiger partial charge in [-0.15, -0.1) is 11.3 Å². The number of imidazole rings is 1. The molecule has 0 saturated carbocycles. The minimum absolute atomic E-state index is 0.401. The Hall–Kier alpha value is -1.36. The molecule has 2 heterocycles. The van der Waals surface area contributed by atoms with Gasteiger partial charge >= 0.3 is 0 Å². The fourth-order valence-electron chi connectivity index (χ4n) is 1.62. The zero-order valence-corrected chi connectivity index (χ0v) is 11.3. The summed E-state index contributed by atoms with van der Waals surface area (Å²) in [7, 11) is 0. The second-order valence-electron chi connectivity index (χ2n) is 4.38. The molecule has 0 radical (unpaired) electrons. The van der Waals surface area contributed by atoms with E-state index in [1.54, 1.807) is 11.3 Å². The summed E-state index contributed by atoms with van der Waals surface area (Å²) in [5.41, 5.74) is 1.11. The average molecular weight is 250 g/mol. The summed E-state index contributed by atoms with van der Waals surface area (Å²) in [5, 5.41) is 6.61. The van der Waals surface area contributed by atoms with Gasteiger partial charge in [-0.25, -0.2) is 9.97 Å². The Morgan fingerprint density at radius 2 is 2.29 bits per heavy atom. The van der Waals surface area contributed by atoms with Crippen molar-refractivity contribution in [1.29, 1.82) is 0 Å². The summed E-state index contributed by atoms with van der Waals surface area (Å²) in [6.07, 6.45) is 4.80. The molecule has 92 valence electrons. The average Bonchev–Trinajstić information content (AvgIpc) is 2.84. The monoisotopic (exact) mass is 250 g/mol. The van der Waals surface area contributed by atoms with Crippen LogP contribution >= 0.6 is 11.3 Å². The van der Waals surface area contributed by atoms with E-state index in [-0.39, 0.29) is 0 Å². The van der Waals surface area contributed by atoms with Gasteiger partial charge in [0.05, 0.1) is 5.01 Å². The minimum atomic E-state index is 0.401. The molecule has 2 aromatic rings. The highest BCUT2D eigenvalue weighted by Gasteiger charge is 2.05. The van der Waals surface area contributed by atoms with E-state index in [1.165, 1.54) is 5.01 Å². The molecule has 2 aromatic heterocycles. The number of nitrogens with one attached hydrogen (secondary N) is 1. The second kappa shape index (κ2) is 5.31. The lowest BCUT2D eigenvalue weighted by Gasteiger charge is -2.11. The molecule has 17 heavy (non-hydrogen) atoms. The van der Waals surface area contributed by atoms with E-state index in [4.69, 9.17) is 0 Å². The van der Waals surface area contributed by atoms with Crippen molar-refractivity contribution in [3.63, 3.8) is 0 Å². The van der Waals surface area contributed by atoms with Crippen LogP contribution in [0, 0.1) is 6.92 Å². The highest BCUT2D eigenvalue weighted by Crippen LogP contribution is 2.12. The maximum absolute atomic E-state index is 4.47. The van der Waals surface area contributed by atoms with Gasteiger partial charge in [0, 0.05) is 42.5 Å². The van der Waals surface area contributed by atoms with Crippen LogP contribution in [-0.4, -0.2) is 20.6 Å². The first kappa shape index (κ1) is 12.1. The predicted octanol–water partition coefficient (Wildman–Crippen LogP) is 2.71. The van der Waals surface area contributed by atoms with E-state index < -0.39 is 0 Å². The van der Waals surface area contributed by atoms with Crippen LogP contribution in [0.3, 0.4) is 0 Å². The number of aromatic nitrogens is 3. The van der Waals surface area contributed by atoms with Crippen LogP contribution in [0.5, 0.6) is 0 Å². The highest BCUT2D eigenvalue weighted by molar-refractivity contribution is 7.09. The molecule has 4 nitrogen and oxygen atoms in total. The highest BCUT2D eigenvalue weighted by atomic mass is 32.1. The van der Waals surface area contributed by atoms with Gasteiger partial charge in [-0.2, -0.15) is 0 Å². The Morgan fingerprint density at radius 3 is 2.94 bits per heavy atom. The first-order chi connectivity index (χ1) is 8.15. The third-order valence-corrected chi connectivity index (χ3v) is 3.39. The number of hydrogen-bond donors (Lipinski definition) is 1. The Kier molecular flexibility index (Phi) is 3.78. The topological polar surface area (TPSA) is 42.7 Å². The molecule has 0 aliphatic carbocycles. The molecule has 0 fully saturated rings. The number of aryl methyl sites for hydroxylation is 3. The summed E-state index contributed by atoms with van der Waals surface area (Å²) < 4.78 is 2.14. The molecule has 0 bridgehead atoms. The molecule has 0 saturated heterocycles. The van der Waals surface area contributed by atoms with Crippen molar-refractivity contribution >= 4 is 17.3 Å². The van der Waals surface area contributed by atoms with E-state index in [0.29, 0.717) is 6.04 Å². The maximum atomic E-state index is 4.47. The maximum Gasteiger partial charge on any atom is 0.202 e. The largest absolute Gasteiger partial charge is 0.353 e. The lowest BCUT2D eigenvalue weighted by atomic mass is 10.4. The first-order valence-electron chi connectivity index (χ1n) is 5.84. The van der Waals surface area contributed by atoms with Crippen molar-refractivity contribution in [2.45, 2.75) is 39.8 Å². The fraction of sp³-hybridized carbons (Fsp3) is 0.500. The van der Waals surface area contributed by atoms with Crippen LogP contribution < -0.4 is 5.32 Å². The standard InChI is InChI=1S/C12H18N4S/c1-9(2)14-12-13-5-7-16(12)6-4-11-15-10(3)8-17-11/h5,7-9H,4,6H2,1-3H3,(H,13,14). The smallest absolute Gasteiger partial charge is 0.202 e. The van der Waals surface area contributed by atoms with Gasteiger partial charge in [0.1, 0.15) is 0 Å². The number of thiazole rings is 1. The van der Waals surface area contributed by atoms with Gasteiger partial charge in [0.2, 0.25) is 5.95 Å². The second-order valence-corrected chi connectivity index (χ2v) is 5.32. The molecule has 0 spiro atoms. The SMILES string of the molecule is Cc1csc(CCn2ccnc2NC(C)C)n1. The van der Waals surface area contributed by atoms with Crippen LogP contribution in [0.1, 0.15) is 24.5 Å². The number of anilines is 1. The summed E-state index contributed by atoms with van der Waals surface area (Å²) in [4.78, 5) is 8.77. The van der Waals surface area contributed by atoms with E-state index in [9.17, 15) is 0 Å². The molecular weight excluding hydrogens is 232 g/mol. The summed E-state index contributed by atoms with van der Waals surface area (Å²) in [6, 6.07) is 0.401.